The van der Waals surface area contributed by atoms with Gasteiger partial charge in [-0.3, -0.25) is 4.68 Å². The van der Waals surface area contributed by atoms with Crippen LogP contribution < -0.4 is 5.32 Å². The number of hydrogen-bond donors (Lipinski definition) is 1. The summed E-state index contributed by atoms with van der Waals surface area (Å²) in [6, 6.07) is 1.09. The van der Waals surface area contributed by atoms with Gasteiger partial charge < -0.3 is 24.3 Å². The van der Waals surface area contributed by atoms with Crippen LogP contribution in [-0.4, -0.2) is 68.7 Å². The zero-order valence-electron chi connectivity index (χ0n) is 24.3. The highest BCUT2D eigenvalue weighted by Gasteiger charge is 2.31. The smallest absolute Gasteiger partial charge is 0.410 e. The van der Waals surface area contributed by atoms with Crippen LogP contribution in [0.4, 0.5) is 16.4 Å². The Morgan fingerprint density at radius 1 is 1.23 bits per heavy atom. The Morgan fingerprint density at radius 2 is 2.00 bits per heavy atom. The Hall–Kier alpha value is -2.63. The van der Waals surface area contributed by atoms with Crippen molar-refractivity contribution in [3.8, 4) is 0 Å². The Morgan fingerprint density at radius 3 is 2.67 bits per heavy atom. The molecule has 4 rings (SSSR count). The van der Waals surface area contributed by atoms with E-state index in [0.29, 0.717) is 43.8 Å². The van der Waals surface area contributed by atoms with Gasteiger partial charge in [0.15, 0.2) is 0 Å². The molecule has 39 heavy (non-hydrogen) atoms. The van der Waals surface area contributed by atoms with Crippen LogP contribution in [0.5, 0.6) is 0 Å². The predicted molar refractivity (Wildman–Crippen MR) is 157 cm³/mol. The highest BCUT2D eigenvalue weighted by molar-refractivity contribution is 6.76. The minimum atomic E-state index is -1.20. The minimum Gasteiger partial charge on any atom is -0.444 e. The number of carbonyl (C=O) groups excluding carboxylic acids is 1. The summed E-state index contributed by atoms with van der Waals surface area (Å²) in [5.74, 6) is 0.715. The maximum absolute atomic E-state index is 12.6. The first-order chi connectivity index (χ1) is 18.3. The van der Waals surface area contributed by atoms with Crippen LogP contribution >= 0.6 is 11.6 Å². The first kappa shape index (κ1) is 29.4. The third-order valence-corrected chi connectivity index (χ3v) is 8.60. The number of aromatic nitrogens is 5. The van der Waals surface area contributed by atoms with Crippen molar-refractivity contribution in [1.82, 2.24) is 29.2 Å². The Labute approximate surface area is 237 Å². The Kier molecular flexibility index (Phi) is 8.92. The normalized spacial score (nSPS) is 16.3. The van der Waals surface area contributed by atoms with Crippen LogP contribution in [0.2, 0.25) is 30.7 Å². The number of hydrogen-bond acceptors (Lipinski definition) is 7. The number of nitrogens with zero attached hydrogens (tertiary/aromatic N) is 6. The number of likely N-dealkylation sites (tertiary alicyclic amines) is 1. The Balaban J connectivity index is 1.58. The minimum absolute atomic E-state index is 0.235. The number of fused-ring (bicyclic) bond motifs is 1. The van der Waals surface area contributed by atoms with Gasteiger partial charge in [0.05, 0.1) is 28.0 Å². The number of amides is 1. The number of aryl methyl sites for hydroxylation is 1. The summed E-state index contributed by atoms with van der Waals surface area (Å²) < 4.78 is 15.4. The monoisotopic (exact) mass is 575 g/mol. The molecule has 12 heteroatoms. The van der Waals surface area contributed by atoms with Gasteiger partial charge in [-0.15, -0.1) is 0 Å². The second-order valence-corrected chi connectivity index (χ2v) is 18.5. The summed E-state index contributed by atoms with van der Waals surface area (Å²) in [4.78, 5) is 24.1. The molecule has 1 aliphatic heterocycles. The van der Waals surface area contributed by atoms with Gasteiger partial charge in [0, 0.05) is 46.7 Å². The third-order valence-electron chi connectivity index (χ3n) is 6.60. The first-order valence-corrected chi connectivity index (χ1v) is 17.8. The van der Waals surface area contributed by atoms with Gasteiger partial charge in [0.2, 0.25) is 5.95 Å². The van der Waals surface area contributed by atoms with E-state index >= 15 is 0 Å². The van der Waals surface area contributed by atoms with Gasteiger partial charge in [0.25, 0.3) is 0 Å². The lowest BCUT2D eigenvalue weighted by atomic mass is 10.0. The average molecular weight is 576 g/mol. The summed E-state index contributed by atoms with van der Waals surface area (Å²) in [6.07, 6.45) is 6.83. The molecule has 1 fully saturated rings. The van der Waals surface area contributed by atoms with E-state index in [1.165, 1.54) is 0 Å². The average Bonchev–Trinajstić information content (AvgIpc) is 3.55. The molecular formula is C27H42ClN7O3Si. The zero-order chi connectivity index (χ0) is 28.4. The van der Waals surface area contributed by atoms with Crippen molar-refractivity contribution in [1.29, 1.82) is 0 Å². The lowest BCUT2D eigenvalue weighted by molar-refractivity contribution is 0.0288. The van der Waals surface area contributed by atoms with Crippen LogP contribution in [-0.2, 0) is 29.2 Å². The molecule has 214 valence electrons. The van der Waals surface area contributed by atoms with E-state index < -0.39 is 13.7 Å². The van der Waals surface area contributed by atoms with E-state index in [1.807, 2.05) is 49.3 Å². The van der Waals surface area contributed by atoms with Gasteiger partial charge in [-0.1, -0.05) is 31.2 Å². The number of halogens is 1. The highest BCUT2D eigenvalue weighted by Crippen LogP contribution is 2.32. The van der Waals surface area contributed by atoms with Gasteiger partial charge in [-0.25, -0.2) is 9.78 Å². The fourth-order valence-corrected chi connectivity index (χ4v) is 5.62. The molecule has 1 aliphatic rings. The molecule has 0 saturated carbocycles. The summed E-state index contributed by atoms with van der Waals surface area (Å²) >= 11 is 6.77. The SMILES string of the molecule is CCn1cc(Nc2nc(C[C@H]3CCN(C(=O)OC(C)(C)C)C3)c3c(Cl)cn(COCC[Si](C)(C)C)c3n2)cn1. The molecule has 0 radical (unpaired) electrons. The Bertz CT molecular complexity index is 1300. The van der Waals surface area contributed by atoms with Crippen molar-refractivity contribution < 1.29 is 14.3 Å². The highest BCUT2D eigenvalue weighted by atomic mass is 35.5. The van der Waals surface area contributed by atoms with Gasteiger partial charge in [-0.2, -0.15) is 10.1 Å². The lowest BCUT2D eigenvalue weighted by Gasteiger charge is -2.24. The summed E-state index contributed by atoms with van der Waals surface area (Å²) in [5.41, 5.74) is 1.88. The molecule has 3 aromatic rings. The van der Waals surface area contributed by atoms with E-state index in [4.69, 9.17) is 31.0 Å². The van der Waals surface area contributed by atoms with Crippen molar-refractivity contribution in [2.24, 2.45) is 5.92 Å². The molecule has 0 bridgehead atoms. The van der Waals surface area contributed by atoms with Crippen LogP contribution in [0.15, 0.2) is 18.6 Å². The van der Waals surface area contributed by atoms with Crippen LogP contribution in [0.1, 0.15) is 39.8 Å². The second kappa shape index (κ2) is 11.9. The van der Waals surface area contributed by atoms with E-state index in [1.54, 1.807) is 11.1 Å². The molecule has 1 saturated heterocycles. The molecule has 1 amide bonds. The van der Waals surface area contributed by atoms with E-state index in [9.17, 15) is 4.79 Å². The van der Waals surface area contributed by atoms with Crippen molar-refractivity contribution in [2.75, 3.05) is 25.0 Å². The standard InChI is InChI=1S/C27H42ClN7O3Si/c1-8-35-16-20(14-29-35)30-25-31-22(13-19-9-10-33(15-19)26(36)38-27(2,3)4)23-21(28)17-34(24(23)32-25)18-37-11-12-39(5,6)7/h14,16-17,19H,8-13,15,18H2,1-7H3,(H,30,31,32)/t19-/m1/s1. The molecule has 0 aromatic carbocycles. The van der Waals surface area contributed by atoms with E-state index in [2.05, 4.69) is 30.1 Å². The number of carbonyl (C=O) groups is 1. The molecule has 4 heterocycles. The lowest BCUT2D eigenvalue weighted by Crippen LogP contribution is -2.35. The second-order valence-electron chi connectivity index (χ2n) is 12.5. The topological polar surface area (TPSA) is 99.3 Å². The van der Waals surface area contributed by atoms with E-state index in [-0.39, 0.29) is 12.0 Å². The summed E-state index contributed by atoms with van der Waals surface area (Å²) in [7, 11) is -1.20. The molecular weight excluding hydrogens is 534 g/mol. The fourth-order valence-electron chi connectivity index (χ4n) is 4.55. The predicted octanol–water partition coefficient (Wildman–Crippen LogP) is 6.16. The van der Waals surface area contributed by atoms with Crippen LogP contribution in [0.25, 0.3) is 11.0 Å². The number of ether oxygens (including phenoxy) is 2. The van der Waals surface area contributed by atoms with Gasteiger partial charge >= 0.3 is 6.09 Å². The number of nitrogens with one attached hydrogen (secondary N) is 1. The van der Waals surface area contributed by atoms with E-state index in [0.717, 1.165) is 41.4 Å². The van der Waals surface area contributed by atoms with Crippen molar-refractivity contribution >= 4 is 48.4 Å². The largest absolute Gasteiger partial charge is 0.444 e. The van der Waals surface area contributed by atoms with Crippen LogP contribution in [0.3, 0.4) is 0 Å². The van der Waals surface area contributed by atoms with Gasteiger partial charge in [0.1, 0.15) is 18.0 Å². The van der Waals surface area contributed by atoms with Crippen LogP contribution in [0, 0.1) is 5.92 Å². The molecule has 0 unspecified atom stereocenters. The van der Waals surface area contributed by atoms with Crippen molar-refractivity contribution in [2.45, 2.75) is 85.1 Å². The molecule has 0 aliphatic carbocycles. The summed E-state index contributed by atoms with van der Waals surface area (Å²) in [6.45, 7) is 17.8. The fraction of sp³-hybridized carbons (Fsp3) is 0.630. The zero-order valence-corrected chi connectivity index (χ0v) is 26.0. The molecule has 10 nitrogen and oxygen atoms in total. The maximum atomic E-state index is 12.6. The molecule has 1 N–H and O–H groups in total. The molecule has 1 atom stereocenters. The molecule has 0 spiro atoms. The summed E-state index contributed by atoms with van der Waals surface area (Å²) in [5, 5.41) is 9.09. The van der Waals surface area contributed by atoms with Gasteiger partial charge in [-0.05, 0) is 52.5 Å². The maximum Gasteiger partial charge on any atom is 0.410 e. The molecule has 3 aromatic heterocycles. The third kappa shape index (κ3) is 7.95. The van der Waals surface area contributed by atoms with Crippen molar-refractivity contribution in [3.63, 3.8) is 0 Å². The quantitative estimate of drug-likeness (QED) is 0.228. The first-order valence-electron chi connectivity index (χ1n) is 13.7. The number of anilines is 2. The number of rotatable bonds is 10. The van der Waals surface area contributed by atoms with Crippen molar-refractivity contribution in [3.05, 3.63) is 29.3 Å².